The van der Waals surface area contributed by atoms with E-state index < -0.39 is 11.3 Å². The standard InChI is InChI=1S/C12H16FN3O/c13-10-5-8(14)1-2-9(10)12(6-11(15)17)3-4-16-7-12/h1-2,5,16H,3-4,6-7,14H2,(H2,15,17)/t12-/m0/s1. The highest BCUT2D eigenvalue weighted by atomic mass is 19.1. The van der Waals surface area contributed by atoms with Gasteiger partial charge < -0.3 is 16.8 Å². The monoisotopic (exact) mass is 237 g/mol. The number of benzene rings is 1. The SMILES string of the molecule is NC(=O)C[C@@]1(c2ccc(N)cc2F)CCNC1. The van der Waals surface area contributed by atoms with E-state index in [0.29, 0.717) is 24.2 Å². The third-order valence-electron chi connectivity index (χ3n) is 3.32. The Kier molecular flexibility index (Phi) is 3.02. The number of hydrogen-bond donors (Lipinski definition) is 3. The lowest BCUT2D eigenvalue weighted by molar-refractivity contribution is -0.119. The minimum Gasteiger partial charge on any atom is -0.399 e. The van der Waals surface area contributed by atoms with Crippen molar-refractivity contribution in [3.8, 4) is 0 Å². The van der Waals surface area contributed by atoms with Crippen molar-refractivity contribution in [3.05, 3.63) is 29.6 Å². The molecule has 0 aliphatic carbocycles. The minimum absolute atomic E-state index is 0.154. The topological polar surface area (TPSA) is 81.1 Å². The lowest BCUT2D eigenvalue weighted by Crippen LogP contribution is -2.35. The molecule has 0 saturated carbocycles. The first-order valence-corrected chi connectivity index (χ1v) is 5.58. The molecule has 0 bridgehead atoms. The number of nitrogens with two attached hydrogens (primary N) is 2. The molecule has 17 heavy (non-hydrogen) atoms. The van der Waals surface area contributed by atoms with Gasteiger partial charge >= 0.3 is 0 Å². The number of anilines is 1. The fourth-order valence-electron chi connectivity index (χ4n) is 2.51. The first-order valence-electron chi connectivity index (χ1n) is 5.58. The van der Waals surface area contributed by atoms with Gasteiger partial charge in [0.1, 0.15) is 5.82 Å². The summed E-state index contributed by atoms with van der Waals surface area (Å²) in [5.74, 6) is -0.778. The average Bonchev–Trinajstić information content (AvgIpc) is 2.65. The van der Waals surface area contributed by atoms with Crippen LogP contribution in [-0.4, -0.2) is 19.0 Å². The third-order valence-corrected chi connectivity index (χ3v) is 3.32. The predicted molar refractivity (Wildman–Crippen MR) is 63.8 cm³/mol. The van der Waals surface area contributed by atoms with Gasteiger partial charge in [-0.1, -0.05) is 6.07 Å². The fraction of sp³-hybridized carbons (Fsp3) is 0.417. The molecule has 1 heterocycles. The molecule has 1 aromatic rings. The highest BCUT2D eigenvalue weighted by Gasteiger charge is 2.39. The van der Waals surface area contributed by atoms with Crippen molar-refractivity contribution >= 4 is 11.6 Å². The quantitative estimate of drug-likeness (QED) is 0.670. The summed E-state index contributed by atoms with van der Waals surface area (Å²) in [5, 5.41) is 3.15. The van der Waals surface area contributed by atoms with E-state index in [9.17, 15) is 9.18 Å². The van der Waals surface area contributed by atoms with Crippen LogP contribution in [0.2, 0.25) is 0 Å². The number of nitrogen functional groups attached to an aromatic ring is 1. The molecule has 1 aromatic carbocycles. The molecule has 0 aromatic heterocycles. The second kappa shape index (κ2) is 4.33. The largest absolute Gasteiger partial charge is 0.399 e. The van der Waals surface area contributed by atoms with Crippen LogP contribution in [-0.2, 0) is 10.2 Å². The molecule has 1 aliphatic heterocycles. The lowest BCUT2D eigenvalue weighted by Gasteiger charge is -2.28. The molecule has 4 nitrogen and oxygen atoms in total. The van der Waals surface area contributed by atoms with Gasteiger partial charge in [0.05, 0.1) is 0 Å². The summed E-state index contributed by atoms with van der Waals surface area (Å²) in [7, 11) is 0. The van der Waals surface area contributed by atoms with Crippen molar-refractivity contribution < 1.29 is 9.18 Å². The van der Waals surface area contributed by atoms with Crippen molar-refractivity contribution in [2.24, 2.45) is 5.73 Å². The number of hydrogen-bond acceptors (Lipinski definition) is 3. The normalized spacial score (nSPS) is 23.8. The van der Waals surface area contributed by atoms with E-state index in [2.05, 4.69) is 5.32 Å². The van der Waals surface area contributed by atoms with Gasteiger partial charge in [0, 0.05) is 24.1 Å². The maximum absolute atomic E-state index is 13.9. The van der Waals surface area contributed by atoms with Gasteiger partial charge in [-0.2, -0.15) is 0 Å². The summed E-state index contributed by atoms with van der Waals surface area (Å²) in [4.78, 5) is 11.2. The predicted octanol–water partition coefficient (Wildman–Crippen LogP) is 0.514. The molecule has 1 aliphatic rings. The minimum atomic E-state index is -0.524. The number of rotatable bonds is 3. The zero-order chi connectivity index (χ0) is 12.5. The lowest BCUT2D eigenvalue weighted by atomic mass is 9.76. The molecular weight excluding hydrogens is 221 g/mol. The zero-order valence-electron chi connectivity index (χ0n) is 9.50. The van der Waals surface area contributed by atoms with E-state index in [1.165, 1.54) is 6.07 Å². The van der Waals surface area contributed by atoms with Crippen molar-refractivity contribution in [1.82, 2.24) is 5.32 Å². The van der Waals surface area contributed by atoms with Gasteiger partial charge in [-0.3, -0.25) is 4.79 Å². The molecule has 1 amide bonds. The van der Waals surface area contributed by atoms with Crippen LogP contribution in [0.1, 0.15) is 18.4 Å². The van der Waals surface area contributed by atoms with E-state index >= 15 is 0 Å². The van der Waals surface area contributed by atoms with Crippen molar-refractivity contribution in [3.63, 3.8) is 0 Å². The summed E-state index contributed by atoms with van der Waals surface area (Å²) in [5.41, 5.74) is 11.2. The Balaban J connectivity index is 2.42. The van der Waals surface area contributed by atoms with E-state index in [0.717, 1.165) is 6.54 Å². The Bertz CT molecular complexity index is 441. The van der Waals surface area contributed by atoms with Crippen molar-refractivity contribution in [1.29, 1.82) is 0 Å². The second-order valence-corrected chi connectivity index (χ2v) is 4.59. The summed E-state index contributed by atoms with van der Waals surface area (Å²) >= 11 is 0. The van der Waals surface area contributed by atoms with Gasteiger partial charge in [0.15, 0.2) is 0 Å². The van der Waals surface area contributed by atoms with Gasteiger partial charge in [0.25, 0.3) is 0 Å². The smallest absolute Gasteiger partial charge is 0.218 e. The number of carbonyl (C=O) groups is 1. The highest BCUT2D eigenvalue weighted by Crippen LogP contribution is 2.36. The number of halogens is 1. The molecule has 5 heteroatoms. The number of amides is 1. The Hall–Kier alpha value is -1.62. The average molecular weight is 237 g/mol. The van der Waals surface area contributed by atoms with Crippen LogP contribution in [0, 0.1) is 5.82 Å². The molecule has 1 atom stereocenters. The molecular formula is C12H16FN3O. The number of primary amides is 1. The Labute approximate surface area is 99.2 Å². The van der Waals surface area contributed by atoms with E-state index in [1.807, 2.05) is 0 Å². The van der Waals surface area contributed by atoms with Crippen LogP contribution in [0.3, 0.4) is 0 Å². The summed E-state index contributed by atoms with van der Waals surface area (Å²) in [6.45, 7) is 1.33. The van der Waals surface area contributed by atoms with Crippen LogP contribution in [0.25, 0.3) is 0 Å². The zero-order valence-corrected chi connectivity index (χ0v) is 9.50. The maximum atomic E-state index is 13.9. The first-order chi connectivity index (χ1) is 8.03. The molecule has 0 spiro atoms. The van der Waals surface area contributed by atoms with Gasteiger partial charge in [-0.05, 0) is 30.7 Å². The van der Waals surface area contributed by atoms with E-state index in [1.54, 1.807) is 12.1 Å². The maximum Gasteiger partial charge on any atom is 0.218 e. The van der Waals surface area contributed by atoms with Crippen molar-refractivity contribution in [2.75, 3.05) is 18.8 Å². The fourth-order valence-corrected chi connectivity index (χ4v) is 2.51. The van der Waals surface area contributed by atoms with E-state index in [-0.39, 0.29) is 12.2 Å². The second-order valence-electron chi connectivity index (χ2n) is 4.59. The molecule has 0 radical (unpaired) electrons. The third kappa shape index (κ3) is 2.24. The molecule has 2 rings (SSSR count). The molecule has 1 saturated heterocycles. The molecule has 92 valence electrons. The van der Waals surface area contributed by atoms with E-state index in [4.69, 9.17) is 11.5 Å². The Morgan fingerprint density at radius 1 is 1.53 bits per heavy atom. The van der Waals surface area contributed by atoms with Crippen molar-refractivity contribution in [2.45, 2.75) is 18.3 Å². The number of carbonyl (C=O) groups excluding carboxylic acids is 1. The first kappa shape index (κ1) is 11.9. The summed E-state index contributed by atoms with van der Waals surface area (Å²) in [6.07, 6.45) is 0.859. The number of nitrogens with one attached hydrogen (secondary N) is 1. The van der Waals surface area contributed by atoms with Crippen LogP contribution in [0.4, 0.5) is 10.1 Å². The van der Waals surface area contributed by atoms with Gasteiger partial charge in [-0.25, -0.2) is 4.39 Å². The van der Waals surface area contributed by atoms with Crippen LogP contribution in [0.15, 0.2) is 18.2 Å². The molecule has 0 unspecified atom stereocenters. The van der Waals surface area contributed by atoms with Crippen LogP contribution < -0.4 is 16.8 Å². The summed E-state index contributed by atoms with van der Waals surface area (Å²) in [6, 6.07) is 4.59. The molecule has 1 fully saturated rings. The van der Waals surface area contributed by atoms with Gasteiger partial charge in [-0.15, -0.1) is 0 Å². The van der Waals surface area contributed by atoms with Crippen LogP contribution in [0.5, 0.6) is 0 Å². The Morgan fingerprint density at radius 3 is 2.82 bits per heavy atom. The summed E-state index contributed by atoms with van der Waals surface area (Å²) < 4.78 is 13.9. The molecule has 5 N–H and O–H groups in total. The Morgan fingerprint density at radius 2 is 2.29 bits per heavy atom. The highest BCUT2D eigenvalue weighted by molar-refractivity contribution is 5.76. The van der Waals surface area contributed by atoms with Gasteiger partial charge in [0.2, 0.25) is 5.91 Å². The van der Waals surface area contributed by atoms with Crippen LogP contribution >= 0.6 is 0 Å².